The highest BCUT2D eigenvalue weighted by atomic mass is 16.2. The van der Waals surface area contributed by atoms with Gasteiger partial charge in [0.15, 0.2) is 5.82 Å². The maximum atomic E-state index is 12.1. The normalized spacial score (nSPS) is 11.4. The molecule has 2 aliphatic rings. The van der Waals surface area contributed by atoms with Crippen molar-refractivity contribution in [1.29, 1.82) is 0 Å². The number of rotatable bonds is 3. The quantitative estimate of drug-likeness (QED) is 0.679. The van der Waals surface area contributed by atoms with Crippen molar-refractivity contribution in [2.45, 2.75) is 33.2 Å². The van der Waals surface area contributed by atoms with Crippen LogP contribution in [0.4, 0.5) is 0 Å². The molecule has 0 saturated heterocycles. The fraction of sp³-hybridized carbons (Fsp3) is 0.357. The van der Waals surface area contributed by atoms with E-state index >= 15 is 0 Å². The average Bonchev–Trinajstić information content (AvgIpc) is 2.44. The van der Waals surface area contributed by atoms with Crippen LogP contribution in [0.15, 0.2) is 20.4 Å². The Morgan fingerprint density at radius 1 is 1.14 bits per heavy atom. The monoisotopic (exact) mass is 301 g/mol. The number of hydrogen-bond acceptors (Lipinski definition) is 5. The smallest absolute Gasteiger partial charge is 0.310 e. The summed E-state index contributed by atoms with van der Waals surface area (Å²) >= 11 is 0. The fourth-order valence-electron chi connectivity index (χ4n) is 2.47. The number of pyridine rings is 1. The Labute approximate surface area is 124 Å². The summed E-state index contributed by atoms with van der Waals surface area (Å²) in [7, 11) is 0. The molecule has 8 heteroatoms. The third kappa shape index (κ3) is 2.22. The third-order valence-electron chi connectivity index (χ3n) is 3.50. The molecule has 114 valence electrons. The number of H-pyrrole nitrogens is 2. The molecule has 0 atom stereocenters. The average molecular weight is 301 g/mol. The standard InChI is InChI=1S/C14H15N5O3/c1-3-4-5-19-10-8(12(20)16-7(2)15-10)6-9-11(19)17-14(22)18-13(9)21/h6H,3-5H2,1-2H3,(H,15,16,20)(H,18,21,22). The van der Waals surface area contributed by atoms with Gasteiger partial charge < -0.3 is 9.55 Å². The summed E-state index contributed by atoms with van der Waals surface area (Å²) in [5, 5.41) is 0.306. The number of unbranched alkanes of at least 4 members (excludes halogenated alkanes) is 1. The predicted octanol–water partition coefficient (Wildman–Crippen LogP) is 0.381. The van der Waals surface area contributed by atoms with Crippen LogP contribution in [0.1, 0.15) is 25.6 Å². The van der Waals surface area contributed by atoms with Gasteiger partial charge in [0.1, 0.15) is 11.5 Å². The highest BCUT2D eigenvalue weighted by Gasteiger charge is 2.19. The Kier molecular flexibility index (Phi) is 3.36. The molecular formula is C14H15N5O3. The van der Waals surface area contributed by atoms with Gasteiger partial charge in [-0.1, -0.05) is 13.3 Å². The van der Waals surface area contributed by atoms with Gasteiger partial charge in [0.25, 0.3) is 11.1 Å². The van der Waals surface area contributed by atoms with Crippen LogP contribution in [-0.4, -0.2) is 24.5 Å². The fourth-order valence-corrected chi connectivity index (χ4v) is 2.47. The lowest BCUT2D eigenvalue weighted by Crippen LogP contribution is -2.29. The van der Waals surface area contributed by atoms with E-state index in [4.69, 9.17) is 0 Å². The summed E-state index contributed by atoms with van der Waals surface area (Å²) in [4.78, 5) is 48.7. The van der Waals surface area contributed by atoms with Crippen molar-refractivity contribution in [1.82, 2.24) is 24.5 Å². The van der Waals surface area contributed by atoms with Crippen LogP contribution in [0.3, 0.4) is 0 Å². The maximum absolute atomic E-state index is 12.1. The molecule has 0 spiro atoms. The largest absolute Gasteiger partial charge is 0.349 e. The van der Waals surface area contributed by atoms with Gasteiger partial charge >= 0.3 is 5.69 Å². The van der Waals surface area contributed by atoms with Gasteiger partial charge in [0.05, 0.1) is 10.9 Å². The first kappa shape index (κ1) is 14.2. The molecule has 0 unspecified atom stereocenters. The van der Waals surface area contributed by atoms with Gasteiger partial charge in [-0.3, -0.25) is 14.6 Å². The SMILES string of the molecule is CCCCn1c2nc(=O)[nH]c(=O)c-2cc2c(=O)[nH]c(C)nc21. The van der Waals surface area contributed by atoms with Crippen molar-refractivity contribution < 1.29 is 0 Å². The molecule has 2 N–H and O–H groups in total. The van der Waals surface area contributed by atoms with Crippen LogP contribution in [0.2, 0.25) is 0 Å². The third-order valence-corrected chi connectivity index (χ3v) is 3.50. The summed E-state index contributed by atoms with van der Waals surface area (Å²) < 4.78 is 1.67. The molecule has 0 aromatic carbocycles. The first-order chi connectivity index (χ1) is 10.5. The van der Waals surface area contributed by atoms with Gasteiger partial charge in [-0.2, -0.15) is 4.98 Å². The number of hydrogen-bond donors (Lipinski definition) is 2. The van der Waals surface area contributed by atoms with E-state index in [0.29, 0.717) is 23.4 Å². The van der Waals surface area contributed by atoms with Gasteiger partial charge in [0.2, 0.25) is 0 Å². The van der Waals surface area contributed by atoms with Crippen molar-refractivity contribution >= 4 is 11.0 Å². The van der Waals surface area contributed by atoms with E-state index in [2.05, 4.69) is 19.9 Å². The molecule has 1 aromatic rings. The number of nitrogens with zero attached hydrogens (tertiary/aromatic N) is 3. The molecule has 0 radical (unpaired) electrons. The predicted molar refractivity (Wildman–Crippen MR) is 81.3 cm³/mol. The van der Waals surface area contributed by atoms with Crippen molar-refractivity contribution in [3.63, 3.8) is 0 Å². The molecule has 0 fully saturated rings. The van der Waals surface area contributed by atoms with E-state index in [1.54, 1.807) is 11.5 Å². The second-order valence-electron chi connectivity index (χ2n) is 5.15. The Bertz CT molecular complexity index is 998. The highest BCUT2D eigenvalue weighted by Crippen LogP contribution is 2.20. The maximum Gasteiger partial charge on any atom is 0.349 e. The molecule has 0 aliphatic carbocycles. The molecule has 0 amide bonds. The van der Waals surface area contributed by atoms with Crippen LogP contribution < -0.4 is 16.8 Å². The molecule has 8 nitrogen and oxygen atoms in total. The molecular weight excluding hydrogens is 286 g/mol. The topological polar surface area (TPSA) is 113 Å². The Morgan fingerprint density at radius 2 is 1.91 bits per heavy atom. The number of aromatic amines is 2. The summed E-state index contributed by atoms with van der Waals surface area (Å²) in [5.41, 5.74) is -0.940. The van der Waals surface area contributed by atoms with E-state index in [9.17, 15) is 14.4 Å². The second-order valence-corrected chi connectivity index (χ2v) is 5.15. The number of fused-ring (bicyclic) bond motifs is 2. The lowest BCUT2D eigenvalue weighted by Gasteiger charge is -2.16. The van der Waals surface area contributed by atoms with Crippen LogP contribution in [0.25, 0.3) is 22.4 Å². The molecule has 3 rings (SSSR count). The molecule has 3 heterocycles. The Hall–Kier alpha value is -2.77. The minimum absolute atomic E-state index is 0.208. The van der Waals surface area contributed by atoms with Crippen molar-refractivity contribution in [3.05, 3.63) is 43.1 Å². The number of aromatic nitrogens is 5. The summed E-state index contributed by atoms with van der Waals surface area (Å²) in [6.45, 7) is 4.23. The van der Waals surface area contributed by atoms with E-state index in [0.717, 1.165) is 12.8 Å². The van der Waals surface area contributed by atoms with E-state index in [-0.39, 0.29) is 16.9 Å². The van der Waals surface area contributed by atoms with Crippen LogP contribution in [0.5, 0.6) is 0 Å². The molecule has 1 aromatic heterocycles. The van der Waals surface area contributed by atoms with Crippen LogP contribution in [0, 0.1) is 6.92 Å². The van der Waals surface area contributed by atoms with E-state index in [1.165, 1.54) is 6.07 Å². The van der Waals surface area contributed by atoms with E-state index in [1.807, 2.05) is 6.92 Å². The van der Waals surface area contributed by atoms with Crippen molar-refractivity contribution in [3.8, 4) is 11.4 Å². The number of nitrogens with one attached hydrogen (secondary N) is 2. The summed E-state index contributed by atoms with van der Waals surface area (Å²) in [6, 6.07) is 1.43. The summed E-state index contributed by atoms with van der Waals surface area (Å²) in [6.07, 6.45) is 1.73. The van der Waals surface area contributed by atoms with Gasteiger partial charge in [-0.05, 0) is 19.4 Å². The minimum Gasteiger partial charge on any atom is -0.310 e. The Balaban J connectivity index is 2.53. The molecule has 0 bridgehead atoms. The van der Waals surface area contributed by atoms with Gasteiger partial charge in [-0.25, -0.2) is 9.78 Å². The zero-order valence-electron chi connectivity index (χ0n) is 12.3. The lowest BCUT2D eigenvalue weighted by molar-refractivity contribution is 0.635. The first-order valence-corrected chi connectivity index (χ1v) is 7.05. The zero-order valence-corrected chi connectivity index (χ0v) is 12.3. The second kappa shape index (κ2) is 5.21. The summed E-state index contributed by atoms with van der Waals surface area (Å²) in [5.74, 6) is 0.724. The highest BCUT2D eigenvalue weighted by molar-refractivity contribution is 5.81. The lowest BCUT2D eigenvalue weighted by atomic mass is 10.1. The van der Waals surface area contributed by atoms with Crippen LogP contribution in [-0.2, 0) is 6.54 Å². The van der Waals surface area contributed by atoms with Crippen molar-refractivity contribution in [2.24, 2.45) is 0 Å². The number of aryl methyl sites for hydroxylation is 2. The van der Waals surface area contributed by atoms with E-state index < -0.39 is 11.2 Å². The van der Waals surface area contributed by atoms with Gasteiger partial charge in [-0.15, -0.1) is 0 Å². The Morgan fingerprint density at radius 3 is 2.64 bits per heavy atom. The molecule has 22 heavy (non-hydrogen) atoms. The first-order valence-electron chi connectivity index (χ1n) is 7.05. The molecule has 2 aliphatic heterocycles. The molecule has 0 saturated carbocycles. The van der Waals surface area contributed by atoms with Crippen LogP contribution >= 0.6 is 0 Å². The van der Waals surface area contributed by atoms with Crippen molar-refractivity contribution in [2.75, 3.05) is 0 Å². The minimum atomic E-state index is -0.705. The van der Waals surface area contributed by atoms with Gasteiger partial charge in [0, 0.05) is 6.54 Å². The zero-order chi connectivity index (χ0) is 15.9.